The molecule has 4 aromatic rings. The molecular formula is C26H28N6O2. The Morgan fingerprint density at radius 2 is 2.06 bits per heavy atom. The molecule has 1 saturated heterocycles. The molecule has 0 radical (unpaired) electrons. The lowest BCUT2D eigenvalue weighted by Gasteiger charge is -2.15. The quantitative estimate of drug-likeness (QED) is 0.460. The van der Waals surface area contributed by atoms with E-state index in [1.165, 1.54) is 0 Å². The zero-order chi connectivity index (χ0) is 23.5. The highest BCUT2D eigenvalue weighted by Gasteiger charge is 2.20. The lowest BCUT2D eigenvalue weighted by atomic mass is 9.97. The average molecular weight is 457 g/mol. The summed E-state index contributed by atoms with van der Waals surface area (Å²) in [6, 6.07) is 14.0. The lowest BCUT2D eigenvalue weighted by molar-refractivity contribution is 0.0853. The van der Waals surface area contributed by atoms with Crippen LogP contribution in [0.5, 0.6) is 0 Å². The Labute approximate surface area is 198 Å². The number of benzene rings is 1. The van der Waals surface area contributed by atoms with Crippen LogP contribution in [-0.4, -0.2) is 49.7 Å². The molecule has 8 nitrogen and oxygen atoms in total. The maximum Gasteiger partial charge on any atom is 0.270 e. The van der Waals surface area contributed by atoms with E-state index < -0.39 is 0 Å². The summed E-state index contributed by atoms with van der Waals surface area (Å²) in [4.78, 5) is 17.7. The summed E-state index contributed by atoms with van der Waals surface area (Å²) >= 11 is 0. The van der Waals surface area contributed by atoms with Gasteiger partial charge in [-0.25, -0.2) is 9.67 Å². The summed E-state index contributed by atoms with van der Waals surface area (Å²) in [7, 11) is 1.87. The van der Waals surface area contributed by atoms with E-state index in [0.29, 0.717) is 18.7 Å². The predicted octanol–water partition coefficient (Wildman–Crippen LogP) is 3.48. The summed E-state index contributed by atoms with van der Waals surface area (Å²) in [6.07, 6.45) is 8.34. The van der Waals surface area contributed by atoms with Gasteiger partial charge in [0.1, 0.15) is 11.4 Å². The van der Waals surface area contributed by atoms with Crippen LogP contribution in [0, 0.1) is 6.92 Å². The van der Waals surface area contributed by atoms with Crippen LogP contribution in [0.15, 0.2) is 61.1 Å². The summed E-state index contributed by atoms with van der Waals surface area (Å²) in [5.41, 5.74) is 6.09. The maximum atomic E-state index is 13.0. The minimum Gasteiger partial charge on any atom is -0.376 e. The second-order valence-corrected chi connectivity index (χ2v) is 8.65. The van der Waals surface area contributed by atoms with Crippen molar-refractivity contribution in [3.05, 3.63) is 83.4 Å². The predicted molar refractivity (Wildman–Crippen MR) is 129 cm³/mol. The first-order valence-electron chi connectivity index (χ1n) is 11.6. The molecule has 1 aliphatic heterocycles. The normalized spacial score (nSPS) is 15.5. The number of rotatable bonds is 7. The number of carbonyl (C=O) groups excluding carboxylic acids is 1. The number of hydrogen-bond donors (Lipinski definition) is 1. The highest BCUT2D eigenvalue weighted by Crippen LogP contribution is 2.26. The number of hydrogen-bond acceptors (Lipinski definition) is 5. The fraction of sp³-hybridized carbons (Fsp3) is 0.308. The van der Waals surface area contributed by atoms with E-state index in [0.717, 1.165) is 53.2 Å². The highest BCUT2D eigenvalue weighted by molar-refractivity contribution is 5.93. The van der Waals surface area contributed by atoms with Crippen molar-refractivity contribution in [2.45, 2.75) is 32.3 Å². The first kappa shape index (κ1) is 22.0. The summed E-state index contributed by atoms with van der Waals surface area (Å²) in [5.74, 6) is -0.192. The zero-order valence-electron chi connectivity index (χ0n) is 19.4. The van der Waals surface area contributed by atoms with E-state index in [1.54, 1.807) is 10.9 Å². The van der Waals surface area contributed by atoms with Gasteiger partial charge in [-0.05, 0) is 73.2 Å². The van der Waals surface area contributed by atoms with E-state index in [-0.39, 0.29) is 12.0 Å². The molecule has 1 atom stereocenters. The van der Waals surface area contributed by atoms with Crippen molar-refractivity contribution in [1.82, 2.24) is 29.9 Å². The van der Waals surface area contributed by atoms with Gasteiger partial charge in [-0.15, -0.1) is 0 Å². The Balaban J connectivity index is 1.43. The van der Waals surface area contributed by atoms with Gasteiger partial charge < -0.3 is 10.1 Å². The molecule has 1 amide bonds. The van der Waals surface area contributed by atoms with Crippen molar-refractivity contribution in [1.29, 1.82) is 0 Å². The van der Waals surface area contributed by atoms with Crippen LogP contribution in [-0.2, 0) is 18.2 Å². The molecule has 1 N–H and O–H groups in total. The Bertz CT molecular complexity index is 1270. The van der Waals surface area contributed by atoms with Crippen molar-refractivity contribution in [3.8, 4) is 17.1 Å². The zero-order valence-corrected chi connectivity index (χ0v) is 19.4. The largest absolute Gasteiger partial charge is 0.376 e. The van der Waals surface area contributed by atoms with Gasteiger partial charge in [0.2, 0.25) is 0 Å². The van der Waals surface area contributed by atoms with Gasteiger partial charge in [0.05, 0.1) is 17.5 Å². The smallest absolute Gasteiger partial charge is 0.270 e. The molecule has 4 heterocycles. The molecule has 3 aromatic heterocycles. The van der Waals surface area contributed by atoms with Gasteiger partial charge in [0, 0.05) is 38.8 Å². The maximum absolute atomic E-state index is 13.0. The van der Waals surface area contributed by atoms with E-state index in [1.807, 2.05) is 61.4 Å². The van der Waals surface area contributed by atoms with Gasteiger partial charge in [0.15, 0.2) is 0 Å². The molecule has 0 bridgehead atoms. The number of aryl methyl sites for hydroxylation is 1. The number of nitrogens with one attached hydrogen (secondary N) is 1. The molecular weight excluding hydrogens is 428 g/mol. The molecule has 0 spiro atoms. The number of ether oxygens (including phenoxy) is 1. The third-order valence-electron chi connectivity index (χ3n) is 6.18. The minimum atomic E-state index is -0.192. The van der Waals surface area contributed by atoms with Gasteiger partial charge in [-0.1, -0.05) is 12.1 Å². The Morgan fingerprint density at radius 1 is 1.21 bits per heavy atom. The standard InChI is InChI=1S/C26H28N6O2/c1-18-20(15-19-6-8-21(9-7-19)32-12-4-11-28-32)16-24(26(33)27-17-22-5-3-14-34-22)29-25(18)23-10-13-31(2)30-23/h4,6-13,16,22H,3,5,14-15,17H2,1-2H3,(H,27,33)/t22-/m1/s1. The topological polar surface area (TPSA) is 86.9 Å². The summed E-state index contributed by atoms with van der Waals surface area (Å²) in [5, 5.41) is 11.8. The third kappa shape index (κ3) is 4.77. The highest BCUT2D eigenvalue weighted by atomic mass is 16.5. The second-order valence-electron chi connectivity index (χ2n) is 8.65. The van der Waals surface area contributed by atoms with E-state index >= 15 is 0 Å². The molecule has 1 fully saturated rings. The van der Waals surface area contributed by atoms with Crippen LogP contribution < -0.4 is 5.32 Å². The number of carbonyl (C=O) groups is 1. The Hall–Kier alpha value is -3.78. The third-order valence-corrected chi connectivity index (χ3v) is 6.18. The molecule has 0 unspecified atom stereocenters. The number of amides is 1. The van der Waals surface area contributed by atoms with Crippen LogP contribution in [0.1, 0.15) is 40.0 Å². The lowest BCUT2D eigenvalue weighted by Crippen LogP contribution is -2.32. The van der Waals surface area contributed by atoms with Crippen LogP contribution in [0.4, 0.5) is 0 Å². The number of nitrogens with zero attached hydrogens (tertiary/aromatic N) is 5. The Kier molecular flexibility index (Phi) is 6.22. The monoisotopic (exact) mass is 456 g/mol. The van der Waals surface area contributed by atoms with Crippen LogP contribution in [0.25, 0.3) is 17.1 Å². The molecule has 1 aromatic carbocycles. The fourth-order valence-electron chi connectivity index (χ4n) is 4.26. The van der Waals surface area contributed by atoms with Crippen LogP contribution in [0.2, 0.25) is 0 Å². The van der Waals surface area contributed by atoms with Crippen molar-refractivity contribution in [2.75, 3.05) is 13.2 Å². The first-order valence-corrected chi connectivity index (χ1v) is 11.6. The van der Waals surface area contributed by atoms with E-state index in [4.69, 9.17) is 9.72 Å². The van der Waals surface area contributed by atoms with E-state index in [2.05, 4.69) is 27.6 Å². The first-order chi connectivity index (χ1) is 16.6. The molecule has 8 heteroatoms. The van der Waals surface area contributed by atoms with Crippen LogP contribution in [0.3, 0.4) is 0 Å². The minimum absolute atomic E-state index is 0.0810. The second kappa shape index (κ2) is 9.61. The van der Waals surface area contributed by atoms with E-state index in [9.17, 15) is 4.79 Å². The molecule has 0 saturated carbocycles. The van der Waals surface area contributed by atoms with Crippen molar-refractivity contribution in [3.63, 3.8) is 0 Å². The van der Waals surface area contributed by atoms with Crippen molar-refractivity contribution in [2.24, 2.45) is 7.05 Å². The summed E-state index contributed by atoms with van der Waals surface area (Å²) < 4.78 is 9.21. The Morgan fingerprint density at radius 3 is 2.74 bits per heavy atom. The summed E-state index contributed by atoms with van der Waals surface area (Å²) in [6.45, 7) is 3.30. The molecule has 5 rings (SSSR count). The SMILES string of the molecule is Cc1c(Cc2ccc(-n3cccn3)cc2)cc(C(=O)NC[C@H]2CCCO2)nc1-c1ccn(C)n1. The number of aromatic nitrogens is 5. The van der Waals surface area contributed by atoms with Crippen LogP contribution >= 0.6 is 0 Å². The molecule has 0 aliphatic carbocycles. The van der Waals surface area contributed by atoms with Gasteiger partial charge in [-0.2, -0.15) is 10.2 Å². The van der Waals surface area contributed by atoms with Crippen molar-refractivity contribution >= 4 is 5.91 Å². The average Bonchev–Trinajstić information content (AvgIpc) is 3.63. The number of pyridine rings is 1. The molecule has 174 valence electrons. The van der Waals surface area contributed by atoms with Gasteiger partial charge in [0.25, 0.3) is 5.91 Å². The molecule has 1 aliphatic rings. The molecule has 34 heavy (non-hydrogen) atoms. The van der Waals surface area contributed by atoms with Crippen molar-refractivity contribution < 1.29 is 9.53 Å². The van der Waals surface area contributed by atoms with Gasteiger partial charge in [-0.3, -0.25) is 9.48 Å². The van der Waals surface area contributed by atoms with Gasteiger partial charge >= 0.3 is 0 Å². The fourth-order valence-corrected chi connectivity index (χ4v) is 4.26.